The zero-order valence-corrected chi connectivity index (χ0v) is 30.2. The van der Waals surface area contributed by atoms with Gasteiger partial charge in [-0.05, 0) is 45.2 Å². The second-order valence-corrected chi connectivity index (χ2v) is 23.2. The maximum Gasteiger partial charge on any atom is 0.0470 e. The Balaban J connectivity index is 0.000000211. The molecule has 0 aliphatic rings. The number of benzene rings is 4. The molecule has 0 saturated carbocycles. The zero-order chi connectivity index (χ0) is 35.8. The first-order valence-electron chi connectivity index (χ1n) is 17.2. The van der Waals surface area contributed by atoms with E-state index < -0.39 is 27.0 Å². The number of aromatic nitrogens is 2. The van der Waals surface area contributed by atoms with Gasteiger partial charge in [-0.2, -0.15) is 11.3 Å². The summed E-state index contributed by atoms with van der Waals surface area (Å²) >= 11 is -0.372. The smallest absolute Gasteiger partial charge is 0.0470 e. The Kier molecular flexibility index (Phi) is 7.92. The number of thiophene rings is 1. The summed E-state index contributed by atoms with van der Waals surface area (Å²) in [5, 5.41) is 1.36. The van der Waals surface area contributed by atoms with Crippen LogP contribution in [-0.2, 0) is 20.1 Å². The average molecular weight is 852 g/mol. The summed E-state index contributed by atoms with van der Waals surface area (Å²) in [4.78, 5) is 9.03. The molecule has 0 N–H and O–H groups in total. The Labute approximate surface area is 293 Å². The first kappa shape index (κ1) is 25.7. The minimum atomic E-state index is -2.32. The molecule has 0 unspecified atom stereocenters. The molecule has 4 aromatic carbocycles. The molecule has 3 heterocycles. The van der Waals surface area contributed by atoms with Crippen LogP contribution >= 0.6 is 11.3 Å². The van der Waals surface area contributed by atoms with Crippen molar-refractivity contribution in [3.63, 3.8) is 0 Å². The van der Waals surface area contributed by atoms with E-state index in [1.807, 2.05) is 66.9 Å². The number of hydrogen-bond donors (Lipinski definition) is 0. The molecule has 2 nitrogen and oxygen atoms in total. The van der Waals surface area contributed by atoms with Crippen LogP contribution in [0, 0.1) is 31.7 Å². The van der Waals surface area contributed by atoms with E-state index in [9.17, 15) is 4.39 Å². The first-order chi connectivity index (χ1) is 23.6. The van der Waals surface area contributed by atoms with Gasteiger partial charge in [-0.3, -0.25) is 4.39 Å². The van der Waals surface area contributed by atoms with Crippen molar-refractivity contribution in [2.75, 3.05) is 0 Å². The maximum atomic E-state index is 14.7. The van der Waals surface area contributed by atoms with Crippen molar-refractivity contribution in [1.82, 2.24) is 9.97 Å². The van der Waals surface area contributed by atoms with Crippen LogP contribution in [0.25, 0.3) is 53.8 Å². The predicted octanol–water partition coefficient (Wildman–Crippen LogP) is 10.4. The van der Waals surface area contributed by atoms with Crippen molar-refractivity contribution >= 4 is 49.2 Å². The fraction of sp³-hybridized carbons (Fsp3) is 0.128. The minimum Gasteiger partial charge on any atom is -0.304 e. The van der Waals surface area contributed by atoms with Gasteiger partial charge >= 0.3 is 110 Å². The molecule has 0 amide bonds. The quantitative estimate of drug-likeness (QED) is 0.130. The first-order valence-corrected chi connectivity index (χ1v) is 22.3. The fourth-order valence-corrected chi connectivity index (χ4v) is 8.34. The summed E-state index contributed by atoms with van der Waals surface area (Å²) in [6, 6.07) is 34.9. The van der Waals surface area contributed by atoms with E-state index in [0.29, 0.717) is 32.5 Å². The standard InChI is InChI=1S/C24H15FNS.C15H18GeN.Ir/c1-15-13-21(26-14-19(15)16-7-3-2-4-8-16)17-11-12-20(25)23-18-9-5-6-10-22(18)27-24(17)23;1-12-5-7-13(8-6-12)15-10-9-14(11-17-15)16(2,3)4;/h2-10,12-14H,1H3;5-7,9-11H,1-4H3;/q2*-1;/i2*1D3;. The second kappa shape index (κ2) is 13.9. The summed E-state index contributed by atoms with van der Waals surface area (Å²) in [5.41, 5.74) is 4.61. The van der Waals surface area contributed by atoms with Crippen molar-refractivity contribution in [2.24, 2.45) is 0 Å². The number of fused-ring (bicyclic) bond motifs is 3. The van der Waals surface area contributed by atoms with Crippen LogP contribution in [0.3, 0.4) is 0 Å². The number of pyridine rings is 2. The summed E-state index contributed by atoms with van der Waals surface area (Å²) in [6.07, 6.45) is 3.53. The van der Waals surface area contributed by atoms with Gasteiger partial charge in [-0.25, -0.2) is 0 Å². The van der Waals surface area contributed by atoms with Gasteiger partial charge in [0.05, 0.1) is 0 Å². The Bertz CT molecular complexity index is 2230. The molecule has 45 heavy (non-hydrogen) atoms. The molecule has 0 saturated heterocycles. The number of hydrogen-bond acceptors (Lipinski definition) is 3. The molecule has 0 aliphatic heterocycles. The van der Waals surface area contributed by atoms with Crippen LogP contribution in [0.5, 0.6) is 0 Å². The largest absolute Gasteiger partial charge is 0.304 e. The molecule has 7 rings (SSSR count). The molecular weight excluding hydrogens is 812 g/mol. The van der Waals surface area contributed by atoms with Crippen molar-refractivity contribution in [2.45, 2.75) is 31.0 Å². The summed E-state index contributed by atoms with van der Waals surface area (Å²) < 4.78 is 63.9. The number of halogens is 1. The number of nitrogens with zero attached hydrogens (tertiary/aromatic N) is 2. The average Bonchev–Trinajstić information content (AvgIpc) is 3.48. The Morgan fingerprint density at radius 2 is 1.58 bits per heavy atom. The predicted molar refractivity (Wildman–Crippen MR) is 188 cm³/mol. The van der Waals surface area contributed by atoms with E-state index in [1.165, 1.54) is 27.9 Å². The molecule has 0 aliphatic carbocycles. The van der Waals surface area contributed by atoms with Crippen LogP contribution in [0.15, 0.2) is 109 Å². The Hall–Kier alpha value is -3.48. The van der Waals surface area contributed by atoms with Crippen molar-refractivity contribution < 1.29 is 32.7 Å². The van der Waals surface area contributed by atoms with Crippen LogP contribution in [-0.4, -0.2) is 23.2 Å². The summed E-state index contributed by atoms with van der Waals surface area (Å²) in [5.74, 6) is 6.64. The third-order valence-corrected chi connectivity index (χ3v) is 12.8. The van der Waals surface area contributed by atoms with Gasteiger partial charge in [0.1, 0.15) is 0 Å². The minimum absolute atomic E-state index is 0. The van der Waals surface area contributed by atoms with Gasteiger partial charge < -0.3 is 4.98 Å². The van der Waals surface area contributed by atoms with E-state index >= 15 is 0 Å². The molecule has 7 aromatic rings. The van der Waals surface area contributed by atoms with Crippen LogP contribution in [0.1, 0.15) is 19.4 Å². The SMILES string of the molecule is [2H]C([2H])([2H])c1c[c-]c(-c2cc[c]([Ge]([CH3])([CH3])[CH3])cn2)cc1.[2H]C([2H])([2H])c1cc(-c2[c-]cc(F)c3c2sc2ccccc23)ncc1-c1ccccc1.[Ir]. The Morgan fingerprint density at radius 3 is 2.27 bits per heavy atom. The molecule has 1 radical (unpaired) electrons. The monoisotopic (exact) mass is 853 g/mol. The van der Waals surface area contributed by atoms with E-state index in [1.54, 1.807) is 24.4 Å². The van der Waals surface area contributed by atoms with Crippen molar-refractivity contribution in [1.29, 1.82) is 0 Å². The third-order valence-electron chi connectivity index (χ3n) is 7.37. The normalized spacial score (nSPS) is 13.7. The zero-order valence-electron chi connectivity index (χ0n) is 30.9. The summed E-state index contributed by atoms with van der Waals surface area (Å²) in [6.45, 7) is -4.39. The van der Waals surface area contributed by atoms with Crippen molar-refractivity contribution in [3.05, 3.63) is 139 Å². The number of rotatable bonds is 4. The van der Waals surface area contributed by atoms with E-state index in [4.69, 9.17) is 8.22 Å². The maximum absolute atomic E-state index is 14.7. The van der Waals surface area contributed by atoms with Crippen LogP contribution in [0.2, 0.25) is 17.3 Å². The van der Waals surface area contributed by atoms with E-state index in [2.05, 4.69) is 45.4 Å². The van der Waals surface area contributed by atoms with Gasteiger partial charge in [0.25, 0.3) is 0 Å². The molecule has 0 fully saturated rings. The Morgan fingerprint density at radius 1 is 0.800 bits per heavy atom. The van der Waals surface area contributed by atoms with Gasteiger partial charge in [-0.15, -0.1) is 17.7 Å². The van der Waals surface area contributed by atoms with Gasteiger partial charge in [0.15, 0.2) is 0 Å². The van der Waals surface area contributed by atoms with Gasteiger partial charge in [-0.1, -0.05) is 54.6 Å². The van der Waals surface area contributed by atoms with E-state index in [-0.39, 0.29) is 31.5 Å². The summed E-state index contributed by atoms with van der Waals surface area (Å²) in [7, 11) is 0. The molecule has 0 atom stereocenters. The number of aryl methyl sites for hydroxylation is 2. The van der Waals surface area contributed by atoms with Crippen LogP contribution in [0.4, 0.5) is 4.39 Å². The van der Waals surface area contributed by atoms with Crippen molar-refractivity contribution in [3.8, 4) is 33.6 Å². The molecular formula is C39H33FGeIrN2S-2. The topological polar surface area (TPSA) is 25.8 Å². The van der Waals surface area contributed by atoms with Gasteiger partial charge in [0.2, 0.25) is 0 Å². The van der Waals surface area contributed by atoms with Gasteiger partial charge in [0, 0.05) is 46.5 Å². The molecule has 0 spiro atoms. The molecule has 6 heteroatoms. The van der Waals surface area contributed by atoms with Crippen LogP contribution < -0.4 is 4.40 Å². The second-order valence-electron chi connectivity index (χ2n) is 11.5. The van der Waals surface area contributed by atoms with E-state index in [0.717, 1.165) is 26.9 Å². The molecule has 3 aromatic heterocycles. The third kappa shape index (κ3) is 7.18. The molecule has 0 bridgehead atoms. The molecule has 227 valence electrons. The fourth-order valence-electron chi connectivity index (χ4n) is 4.94.